The van der Waals surface area contributed by atoms with Gasteiger partial charge in [-0.2, -0.15) is 0 Å². The first-order chi connectivity index (χ1) is 12.5. The van der Waals surface area contributed by atoms with E-state index in [1.54, 1.807) is 11.2 Å². The van der Waals surface area contributed by atoms with Crippen molar-refractivity contribution < 1.29 is 9.32 Å². The topological polar surface area (TPSA) is 32.9 Å². The van der Waals surface area contributed by atoms with E-state index in [2.05, 4.69) is 55.3 Å². The van der Waals surface area contributed by atoms with Gasteiger partial charge in [0.25, 0.3) is 0 Å². The maximum Gasteiger partial charge on any atom is 0.174 e. The van der Waals surface area contributed by atoms with Crippen molar-refractivity contribution >= 4 is 23.0 Å². The summed E-state index contributed by atoms with van der Waals surface area (Å²) in [6.07, 6.45) is 4.04. The third kappa shape index (κ3) is 4.86. The number of anilines is 1. The molecule has 1 aliphatic rings. The molecule has 0 aliphatic carbocycles. The van der Waals surface area contributed by atoms with Crippen molar-refractivity contribution in [2.45, 2.75) is 52.2 Å². The molecule has 1 aromatic carbocycles. The van der Waals surface area contributed by atoms with Crippen LogP contribution in [0.1, 0.15) is 38.0 Å². The van der Waals surface area contributed by atoms with Gasteiger partial charge in [0.2, 0.25) is 0 Å². The molecule has 1 saturated heterocycles. The number of hydrogen-bond acceptors (Lipinski definition) is 2. The van der Waals surface area contributed by atoms with Crippen molar-refractivity contribution in [2.75, 3.05) is 18.4 Å². The summed E-state index contributed by atoms with van der Waals surface area (Å²) in [5.41, 5.74) is 2.29. The zero-order chi connectivity index (χ0) is 18.5. The lowest BCUT2D eigenvalue weighted by Gasteiger charge is -2.39. The maximum absolute atomic E-state index is 5.79. The minimum atomic E-state index is 0.452. The highest BCUT2D eigenvalue weighted by atomic mass is 32.1. The highest BCUT2D eigenvalue weighted by molar-refractivity contribution is 7.80. The monoisotopic (exact) mass is 372 g/mol. The number of furan rings is 1. The Morgan fingerprint density at radius 2 is 1.92 bits per heavy atom. The molecule has 0 saturated carbocycles. The Hall–Kier alpha value is -1.85. The molecule has 3 rings (SSSR count). The van der Waals surface area contributed by atoms with Crippen molar-refractivity contribution in [1.29, 1.82) is 0 Å². The van der Waals surface area contributed by atoms with Crippen LogP contribution in [0, 0.1) is 6.92 Å². The molecule has 1 aromatic heterocycles. The van der Waals surface area contributed by atoms with Crippen molar-refractivity contribution in [3.8, 4) is 0 Å². The molecule has 5 heteroatoms. The maximum atomic E-state index is 5.79. The molecule has 0 unspecified atom stereocenters. The van der Waals surface area contributed by atoms with Crippen LogP contribution in [0.4, 0.5) is 5.69 Å². The van der Waals surface area contributed by atoms with Gasteiger partial charge in [-0.1, -0.05) is 17.7 Å². The van der Waals surface area contributed by atoms with E-state index < -0.39 is 0 Å². The Bertz CT molecular complexity index is 689. The van der Waals surface area contributed by atoms with Crippen LogP contribution >= 0.6 is 12.2 Å². The number of nitrogens with zero attached hydrogens (tertiary/aromatic N) is 1. The van der Waals surface area contributed by atoms with Crippen LogP contribution in [0.5, 0.6) is 0 Å². The molecular formula is C21H30N3OS+. The van der Waals surface area contributed by atoms with Gasteiger partial charge in [-0.3, -0.25) is 0 Å². The van der Waals surface area contributed by atoms with Crippen LogP contribution in [-0.2, 0) is 6.54 Å². The van der Waals surface area contributed by atoms with Gasteiger partial charge >= 0.3 is 0 Å². The molecule has 0 bridgehead atoms. The van der Waals surface area contributed by atoms with Crippen LogP contribution in [0.15, 0.2) is 47.1 Å². The second-order valence-corrected chi connectivity index (χ2v) is 7.93. The van der Waals surface area contributed by atoms with Crippen LogP contribution in [-0.4, -0.2) is 35.2 Å². The fraction of sp³-hybridized carbons (Fsp3) is 0.476. The zero-order valence-electron chi connectivity index (χ0n) is 16.0. The lowest BCUT2D eigenvalue weighted by Crippen LogP contribution is -3.16. The minimum Gasteiger partial charge on any atom is -0.467 e. The Labute approximate surface area is 162 Å². The molecule has 1 aliphatic heterocycles. The molecular weight excluding hydrogens is 342 g/mol. The summed E-state index contributed by atoms with van der Waals surface area (Å²) in [7, 11) is 0. The second-order valence-electron chi connectivity index (χ2n) is 7.55. The minimum absolute atomic E-state index is 0.452. The van der Waals surface area contributed by atoms with Gasteiger partial charge < -0.3 is 19.5 Å². The Morgan fingerprint density at radius 1 is 1.23 bits per heavy atom. The molecule has 0 atom stereocenters. The van der Waals surface area contributed by atoms with E-state index in [4.69, 9.17) is 16.6 Å². The summed E-state index contributed by atoms with van der Waals surface area (Å²) < 4.78 is 5.60. The first kappa shape index (κ1) is 18.9. The van der Waals surface area contributed by atoms with Crippen LogP contribution in [0.3, 0.4) is 0 Å². The van der Waals surface area contributed by atoms with E-state index in [1.807, 2.05) is 12.1 Å². The molecule has 140 valence electrons. The van der Waals surface area contributed by atoms with Crippen molar-refractivity contribution in [1.82, 2.24) is 4.90 Å². The smallest absolute Gasteiger partial charge is 0.174 e. The largest absolute Gasteiger partial charge is 0.467 e. The molecule has 0 spiro atoms. The third-order valence-electron chi connectivity index (χ3n) is 5.32. The van der Waals surface area contributed by atoms with Crippen molar-refractivity contribution in [2.24, 2.45) is 0 Å². The zero-order valence-corrected chi connectivity index (χ0v) is 16.8. The predicted octanol–water partition coefficient (Wildman–Crippen LogP) is 3.24. The SMILES string of the molecule is Cc1ccc(NC(=S)N(Cc2ccco2)C2CC[NH+](C(C)C)CC2)cc1. The van der Waals surface area contributed by atoms with E-state index >= 15 is 0 Å². The van der Waals surface area contributed by atoms with Gasteiger partial charge in [0, 0.05) is 24.6 Å². The van der Waals surface area contributed by atoms with Crippen molar-refractivity contribution in [3.05, 3.63) is 54.0 Å². The fourth-order valence-electron chi connectivity index (χ4n) is 3.63. The van der Waals surface area contributed by atoms with Gasteiger partial charge in [0.15, 0.2) is 5.11 Å². The lowest BCUT2D eigenvalue weighted by molar-refractivity contribution is -0.926. The number of aryl methyl sites for hydroxylation is 1. The Balaban J connectivity index is 1.70. The molecule has 2 N–H and O–H groups in total. The van der Waals surface area contributed by atoms with Gasteiger partial charge in [0.05, 0.1) is 31.9 Å². The number of piperidine rings is 1. The first-order valence-electron chi connectivity index (χ1n) is 9.54. The fourth-order valence-corrected chi connectivity index (χ4v) is 3.96. The van der Waals surface area contributed by atoms with Gasteiger partial charge in [0.1, 0.15) is 5.76 Å². The summed E-state index contributed by atoms with van der Waals surface area (Å²) in [6, 6.07) is 13.5. The van der Waals surface area contributed by atoms with E-state index in [-0.39, 0.29) is 0 Å². The Kier molecular flexibility index (Phi) is 6.33. The molecule has 0 radical (unpaired) electrons. The molecule has 1 fully saturated rings. The Morgan fingerprint density at radius 3 is 2.50 bits per heavy atom. The molecule has 4 nitrogen and oxygen atoms in total. The number of hydrogen-bond donors (Lipinski definition) is 2. The molecule has 2 heterocycles. The predicted molar refractivity (Wildman–Crippen MR) is 111 cm³/mol. The first-order valence-corrected chi connectivity index (χ1v) is 9.95. The normalized spacial score (nSPS) is 20.2. The highest BCUT2D eigenvalue weighted by Crippen LogP contribution is 2.18. The van der Waals surface area contributed by atoms with Crippen LogP contribution in [0.2, 0.25) is 0 Å². The van der Waals surface area contributed by atoms with Gasteiger partial charge in [-0.15, -0.1) is 0 Å². The quantitative estimate of drug-likeness (QED) is 0.790. The number of benzene rings is 1. The number of thiocarbonyl (C=S) groups is 1. The summed E-state index contributed by atoms with van der Waals surface area (Å²) >= 11 is 5.79. The van der Waals surface area contributed by atoms with E-state index in [0.717, 1.165) is 29.4 Å². The average Bonchev–Trinajstić information content (AvgIpc) is 3.15. The van der Waals surface area contributed by atoms with E-state index in [1.165, 1.54) is 18.7 Å². The summed E-state index contributed by atoms with van der Waals surface area (Å²) in [6.45, 7) is 9.82. The molecule has 0 amide bonds. The van der Waals surface area contributed by atoms with Gasteiger partial charge in [-0.25, -0.2) is 0 Å². The summed E-state index contributed by atoms with van der Waals surface area (Å²) in [4.78, 5) is 4.00. The summed E-state index contributed by atoms with van der Waals surface area (Å²) in [5, 5.41) is 4.20. The van der Waals surface area contributed by atoms with Gasteiger partial charge in [-0.05, 0) is 57.3 Å². The number of likely N-dealkylation sites (tertiary alicyclic amines) is 1. The summed E-state index contributed by atoms with van der Waals surface area (Å²) in [5.74, 6) is 0.955. The van der Waals surface area contributed by atoms with Crippen LogP contribution < -0.4 is 10.2 Å². The standard InChI is InChI=1S/C21H29N3OS/c1-16(2)23-12-10-19(11-13-23)24(15-20-5-4-14-25-20)21(26)22-18-8-6-17(3)7-9-18/h4-9,14,16,19H,10-13,15H2,1-3H3,(H,22,26)/p+1. The van der Waals surface area contributed by atoms with Crippen molar-refractivity contribution in [3.63, 3.8) is 0 Å². The molecule has 26 heavy (non-hydrogen) atoms. The van der Waals surface area contributed by atoms with E-state index in [0.29, 0.717) is 18.6 Å². The average molecular weight is 373 g/mol. The number of quaternary nitrogens is 1. The number of nitrogens with one attached hydrogen (secondary N) is 2. The van der Waals surface area contributed by atoms with Crippen LogP contribution in [0.25, 0.3) is 0 Å². The second kappa shape index (κ2) is 8.69. The highest BCUT2D eigenvalue weighted by Gasteiger charge is 2.30. The van der Waals surface area contributed by atoms with E-state index in [9.17, 15) is 0 Å². The number of rotatable bonds is 5. The third-order valence-corrected chi connectivity index (χ3v) is 5.66. The molecule has 2 aromatic rings. The lowest BCUT2D eigenvalue weighted by atomic mass is 10.0.